The first-order chi connectivity index (χ1) is 14.8. The molecule has 2 atom stereocenters. The Hall–Kier alpha value is -1.91. The van der Waals surface area contributed by atoms with E-state index in [-0.39, 0.29) is 24.3 Å². The number of nitrogens with zero attached hydrogens (tertiary/aromatic N) is 1. The summed E-state index contributed by atoms with van der Waals surface area (Å²) in [6.45, 7) is 5.74. The van der Waals surface area contributed by atoms with Crippen LogP contribution in [0.5, 0.6) is 0 Å². The van der Waals surface area contributed by atoms with Gasteiger partial charge in [0.15, 0.2) is 0 Å². The second-order valence-electron chi connectivity index (χ2n) is 7.96. The smallest absolute Gasteiger partial charge is 0.416 e. The molecule has 180 valence electrons. The second kappa shape index (κ2) is 10.4. The van der Waals surface area contributed by atoms with Gasteiger partial charge in [-0.05, 0) is 37.0 Å². The number of halogens is 6. The highest BCUT2D eigenvalue weighted by atomic mass is 32.2. The first kappa shape index (κ1) is 26.3. The third-order valence-corrected chi connectivity index (χ3v) is 6.16. The van der Waals surface area contributed by atoms with E-state index >= 15 is 0 Å². The van der Waals surface area contributed by atoms with Gasteiger partial charge in [0.1, 0.15) is 6.04 Å². The van der Waals surface area contributed by atoms with Gasteiger partial charge in [-0.2, -0.15) is 26.3 Å². The van der Waals surface area contributed by atoms with Crippen LogP contribution in [0.3, 0.4) is 0 Å². The summed E-state index contributed by atoms with van der Waals surface area (Å²) in [4.78, 5) is 26.9. The zero-order valence-corrected chi connectivity index (χ0v) is 18.7. The van der Waals surface area contributed by atoms with E-state index in [1.807, 2.05) is 20.8 Å². The molecule has 4 nitrogen and oxygen atoms in total. The monoisotopic (exact) mass is 485 g/mol. The van der Waals surface area contributed by atoms with Crippen molar-refractivity contribution in [3.8, 4) is 0 Å². The van der Waals surface area contributed by atoms with E-state index in [0.29, 0.717) is 25.0 Å². The van der Waals surface area contributed by atoms with Crippen LogP contribution in [-0.2, 0) is 21.9 Å². The molecule has 0 saturated carbocycles. The predicted molar refractivity (Wildman–Crippen MR) is 108 cm³/mol. The molecule has 1 amide bonds. The van der Waals surface area contributed by atoms with E-state index in [9.17, 15) is 35.9 Å². The highest BCUT2D eigenvalue weighted by Gasteiger charge is 2.44. The molecule has 0 aromatic heterocycles. The molecule has 0 radical (unpaired) electrons. The maximum atomic E-state index is 13.2. The lowest BCUT2D eigenvalue weighted by Crippen LogP contribution is -2.46. The lowest BCUT2D eigenvalue weighted by molar-refractivity contribution is -0.148. The summed E-state index contributed by atoms with van der Waals surface area (Å²) in [6, 6.07) is -0.326. The van der Waals surface area contributed by atoms with E-state index in [1.165, 1.54) is 11.8 Å². The normalized spacial score (nSPS) is 19.5. The van der Waals surface area contributed by atoms with E-state index in [1.54, 1.807) is 0 Å². The van der Waals surface area contributed by atoms with Crippen LogP contribution in [0.15, 0.2) is 18.2 Å². The fourth-order valence-corrected chi connectivity index (χ4v) is 4.87. The van der Waals surface area contributed by atoms with Gasteiger partial charge in [0, 0.05) is 11.3 Å². The maximum absolute atomic E-state index is 13.2. The van der Waals surface area contributed by atoms with Gasteiger partial charge in [0.25, 0.3) is 5.91 Å². The average Bonchev–Trinajstić information content (AvgIpc) is 3.08. The topological polar surface area (TPSA) is 46.6 Å². The molecule has 1 aromatic carbocycles. The van der Waals surface area contributed by atoms with Gasteiger partial charge in [-0.25, -0.2) is 4.79 Å². The van der Waals surface area contributed by atoms with Gasteiger partial charge >= 0.3 is 18.3 Å². The number of rotatable bonds is 7. The highest BCUT2D eigenvalue weighted by Crippen LogP contribution is 2.39. The van der Waals surface area contributed by atoms with Gasteiger partial charge in [-0.15, -0.1) is 11.8 Å². The SMILES string of the molecule is CCCCOC(=O)C1CSC(CC(C)C)N1C(=O)c1cc(C(F)(F)F)cc(C(F)(F)F)c1. The van der Waals surface area contributed by atoms with Crippen molar-refractivity contribution in [2.24, 2.45) is 5.92 Å². The number of esters is 1. The van der Waals surface area contributed by atoms with Crippen molar-refractivity contribution in [2.45, 2.75) is 63.8 Å². The Kier molecular flexibility index (Phi) is 8.52. The van der Waals surface area contributed by atoms with Crippen molar-refractivity contribution in [1.29, 1.82) is 0 Å². The zero-order chi connectivity index (χ0) is 24.3. The highest BCUT2D eigenvalue weighted by molar-refractivity contribution is 8.00. The molecule has 1 aliphatic rings. The molecule has 0 aliphatic carbocycles. The predicted octanol–water partition coefficient (Wildman–Crippen LogP) is 6.00. The third-order valence-electron chi connectivity index (χ3n) is 4.85. The van der Waals surface area contributed by atoms with Gasteiger partial charge in [0.05, 0.1) is 23.1 Å². The molecule has 2 unspecified atom stereocenters. The molecule has 1 fully saturated rings. The van der Waals surface area contributed by atoms with E-state index in [4.69, 9.17) is 4.74 Å². The fraction of sp³-hybridized carbons (Fsp3) is 0.619. The van der Waals surface area contributed by atoms with Crippen LogP contribution >= 0.6 is 11.8 Å². The fourth-order valence-electron chi connectivity index (χ4n) is 3.24. The summed E-state index contributed by atoms with van der Waals surface area (Å²) in [5, 5.41) is -0.574. The number of carbonyl (C=O) groups is 2. The Morgan fingerprint density at radius 3 is 2.12 bits per heavy atom. The number of thioether (sulfide) groups is 1. The Bertz CT molecular complexity index is 792. The van der Waals surface area contributed by atoms with Crippen molar-refractivity contribution in [1.82, 2.24) is 4.90 Å². The van der Waals surface area contributed by atoms with Crippen LogP contribution in [0, 0.1) is 5.92 Å². The van der Waals surface area contributed by atoms with Crippen molar-refractivity contribution in [3.63, 3.8) is 0 Å². The number of carbonyl (C=O) groups excluding carboxylic acids is 2. The molecule has 1 aliphatic heterocycles. The first-order valence-electron chi connectivity index (χ1n) is 10.2. The zero-order valence-electron chi connectivity index (χ0n) is 17.8. The van der Waals surface area contributed by atoms with Crippen LogP contribution in [0.2, 0.25) is 0 Å². The standard InChI is InChI=1S/C21H25F6NO3S/c1-4-5-6-31-19(30)16-11-32-17(7-12(2)3)28(16)18(29)13-8-14(20(22,23)24)10-15(9-13)21(25,26)27/h8-10,12,16-17H,4-7,11H2,1-3H3. The Morgan fingerprint density at radius 1 is 1.09 bits per heavy atom. The quantitative estimate of drug-likeness (QED) is 0.270. The molecule has 11 heteroatoms. The summed E-state index contributed by atoms with van der Waals surface area (Å²) < 4.78 is 84.6. The van der Waals surface area contributed by atoms with Gasteiger partial charge < -0.3 is 9.64 Å². The summed E-state index contributed by atoms with van der Waals surface area (Å²) in [6.07, 6.45) is -8.38. The molecular formula is C21H25F6NO3S. The minimum absolute atomic E-state index is 0.0302. The minimum atomic E-state index is -5.08. The number of hydrogen-bond acceptors (Lipinski definition) is 4. The number of unbranched alkanes of at least 4 members (excludes halogenated alkanes) is 1. The van der Waals surface area contributed by atoms with E-state index < -0.39 is 52.3 Å². The lowest BCUT2D eigenvalue weighted by atomic mass is 10.0. The van der Waals surface area contributed by atoms with Crippen LogP contribution in [0.4, 0.5) is 26.3 Å². The molecule has 0 N–H and O–H groups in total. The van der Waals surface area contributed by atoms with Gasteiger partial charge in [-0.3, -0.25) is 4.79 Å². The Morgan fingerprint density at radius 2 is 1.66 bits per heavy atom. The summed E-state index contributed by atoms with van der Waals surface area (Å²) in [5.41, 5.74) is -3.93. The van der Waals surface area contributed by atoms with Crippen LogP contribution in [0.25, 0.3) is 0 Å². The number of benzene rings is 1. The summed E-state index contributed by atoms with van der Waals surface area (Å²) >= 11 is 1.26. The van der Waals surface area contributed by atoms with E-state index in [0.717, 1.165) is 11.3 Å². The van der Waals surface area contributed by atoms with Gasteiger partial charge in [-0.1, -0.05) is 27.2 Å². The molecule has 0 bridgehead atoms. The van der Waals surface area contributed by atoms with Gasteiger partial charge in [0.2, 0.25) is 0 Å². The van der Waals surface area contributed by atoms with Crippen LogP contribution in [0.1, 0.15) is 61.5 Å². The second-order valence-corrected chi connectivity index (χ2v) is 9.17. The maximum Gasteiger partial charge on any atom is 0.416 e. The number of hydrogen-bond donors (Lipinski definition) is 0. The molecular weight excluding hydrogens is 460 g/mol. The van der Waals surface area contributed by atoms with Crippen molar-refractivity contribution < 1.29 is 40.7 Å². The largest absolute Gasteiger partial charge is 0.464 e. The molecule has 1 saturated heterocycles. The molecule has 0 spiro atoms. The third kappa shape index (κ3) is 6.55. The lowest BCUT2D eigenvalue weighted by Gasteiger charge is -2.30. The average molecular weight is 485 g/mol. The van der Waals surface area contributed by atoms with Crippen molar-refractivity contribution >= 4 is 23.6 Å². The number of ether oxygens (including phenoxy) is 1. The molecule has 1 aromatic rings. The van der Waals surface area contributed by atoms with Crippen LogP contribution < -0.4 is 0 Å². The molecule has 2 rings (SSSR count). The van der Waals surface area contributed by atoms with Crippen molar-refractivity contribution in [2.75, 3.05) is 12.4 Å². The van der Waals surface area contributed by atoms with Crippen LogP contribution in [-0.4, -0.2) is 40.6 Å². The Labute approximate surface area is 186 Å². The first-order valence-corrected chi connectivity index (χ1v) is 11.2. The molecule has 32 heavy (non-hydrogen) atoms. The van der Waals surface area contributed by atoms with E-state index in [2.05, 4.69) is 0 Å². The molecule has 1 heterocycles. The Balaban J connectivity index is 2.47. The number of amides is 1. The number of alkyl halides is 6. The minimum Gasteiger partial charge on any atom is -0.464 e. The van der Waals surface area contributed by atoms with Crippen molar-refractivity contribution in [3.05, 3.63) is 34.9 Å². The summed E-state index contributed by atoms with van der Waals surface area (Å²) in [7, 11) is 0. The summed E-state index contributed by atoms with van der Waals surface area (Å²) in [5.74, 6) is -1.55.